The third kappa shape index (κ3) is 4.45. The van der Waals surface area contributed by atoms with Gasteiger partial charge in [0.05, 0.1) is 27.2 Å². The molecule has 0 atom stereocenters. The lowest BCUT2D eigenvalue weighted by atomic mass is 10.2. The maximum absolute atomic E-state index is 12.2. The Morgan fingerprint density at radius 2 is 1.78 bits per heavy atom. The molecular weight excluding hydrogens is 359 g/mol. The Kier molecular flexibility index (Phi) is 5.64. The van der Waals surface area contributed by atoms with Gasteiger partial charge in [-0.1, -0.05) is 47.5 Å². The van der Waals surface area contributed by atoms with Crippen LogP contribution in [0.5, 0.6) is 0 Å². The van der Waals surface area contributed by atoms with Crippen molar-refractivity contribution in [1.29, 1.82) is 0 Å². The molecule has 2 N–H and O–H groups in total. The van der Waals surface area contributed by atoms with E-state index in [1.165, 1.54) is 6.07 Å². The minimum atomic E-state index is -3.77. The van der Waals surface area contributed by atoms with Crippen molar-refractivity contribution < 1.29 is 13.2 Å². The molecule has 23 heavy (non-hydrogen) atoms. The molecule has 8 heteroatoms. The van der Waals surface area contributed by atoms with Gasteiger partial charge in [-0.05, 0) is 30.7 Å². The van der Waals surface area contributed by atoms with E-state index < -0.39 is 22.5 Å². The van der Waals surface area contributed by atoms with Gasteiger partial charge in [-0.25, -0.2) is 13.1 Å². The maximum Gasteiger partial charge on any atom is 0.241 e. The second-order valence-electron chi connectivity index (χ2n) is 4.74. The molecule has 0 aliphatic heterocycles. The Morgan fingerprint density at radius 3 is 2.48 bits per heavy atom. The van der Waals surface area contributed by atoms with Gasteiger partial charge in [0.1, 0.15) is 0 Å². The maximum atomic E-state index is 12.2. The van der Waals surface area contributed by atoms with Gasteiger partial charge in [0.25, 0.3) is 0 Å². The topological polar surface area (TPSA) is 75.3 Å². The van der Waals surface area contributed by atoms with E-state index in [0.29, 0.717) is 16.3 Å². The number of amides is 1. The van der Waals surface area contributed by atoms with Crippen LogP contribution >= 0.6 is 23.2 Å². The van der Waals surface area contributed by atoms with Crippen LogP contribution in [0.2, 0.25) is 10.0 Å². The molecule has 0 saturated carbocycles. The first kappa shape index (κ1) is 17.7. The summed E-state index contributed by atoms with van der Waals surface area (Å²) in [7, 11) is -3.77. The zero-order valence-electron chi connectivity index (χ0n) is 12.1. The SMILES string of the molecule is Cc1ccccc1S(=O)(=O)NCC(=O)Nc1cccc(Cl)c1Cl. The quantitative estimate of drug-likeness (QED) is 0.845. The molecule has 0 spiro atoms. The Hall–Kier alpha value is -1.60. The number of benzene rings is 2. The first-order chi connectivity index (χ1) is 10.8. The Morgan fingerprint density at radius 1 is 1.09 bits per heavy atom. The number of sulfonamides is 1. The van der Waals surface area contributed by atoms with Crippen LogP contribution in [0.3, 0.4) is 0 Å². The Labute approximate surface area is 144 Å². The lowest BCUT2D eigenvalue weighted by Crippen LogP contribution is -2.33. The van der Waals surface area contributed by atoms with Crippen molar-refractivity contribution in [2.75, 3.05) is 11.9 Å². The predicted molar refractivity (Wildman–Crippen MR) is 91.5 cm³/mol. The molecular formula is C15H14Cl2N2O3S. The fourth-order valence-electron chi connectivity index (χ4n) is 1.89. The first-order valence-electron chi connectivity index (χ1n) is 6.60. The van der Waals surface area contributed by atoms with Crippen LogP contribution in [-0.2, 0) is 14.8 Å². The fourth-order valence-corrected chi connectivity index (χ4v) is 3.47. The van der Waals surface area contributed by atoms with Crippen LogP contribution in [0, 0.1) is 6.92 Å². The molecule has 0 aromatic heterocycles. The minimum absolute atomic E-state index is 0.133. The molecule has 1 amide bonds. The highest BCUT2D eigenvalue weighted by Crippen LogP contribution is 2.29. The number of hydrogen-bond donors (Lipinski definition) is 2. The summed E-state index contributed by atoms with van der Waals surface area (Å²) in [5, 5.41) is 3.00. The summed E-state index contributed by atoms with van der Waals surface area (Å²) < 4.78 is 26.6. The zero-order chi connectivity index (χ0) is 17.0. The van der Waals surface area contributed by atoms with Gasteiger partial charge < -0.3 is 5.32 Å². The molecule has 5 nitrogen and oxygen atoms in total. The average Bonchev–Trinajstić information content (AvgIpc) is 2.50. The number of carbonyl (C=O) groups excluding carboxylic acids is 1. The Bertz CT molecular complexity index is 838. The van der Waals surface area contributed by atoms with Crippen LogP contribution in [0.4, 0.5) is 5.69 Å². The standard InChI is InChI=1S/C15H14Cl2N2O3S/c1-10-5-2-3-8-13(10)23(21,22)18-9-14(20)19-12-7-4-6-11(16)15(12)17/h2-8,18H,9H2,1H3,(H,19,20). The third-order valence-corrected chi connectivity index (χ3v) is 5.41. The number of halogens is 2. The number of aryl methyl sites for hydroxylation is 1. The second-order valence-corrected chi connectivity index (χ2v) is 7.26. The summed E-state index contributed by atoms with van der Waals surface area (Å²) in [6.45, 7) is 1.26. The summed E-state index contributed by atoms with van der Waals surface area (Å²) >= 11 is 11.8. The molecule has 0 unspecified atom stereocenters. The smallest absolute Gasteiger partial charge is 0.241 e. The van der Waals surface area contributed by atoms with Gasteiger partial charge in [0.2, 0.25) is 15.9 Å². The molecule has 2 aromatic rings. The van der Waals surface area contributed by atoms with E-state index >= 15 is 0 Å². The van der Waals surface area contributed by atoms with Crippen molar-refractivity contribution in [3.05, 3.63) is 58.1 Å². The second kappa shape index (κ2) is 7.31. The molecule has 0 fully saturated rings. The Balaban J connectivity index is 2.04. The van der Waals surface area contributed by atoms with E-state index in [0.717, 1.165) is 0 Å². The molecule has 2 rings (SSSR count). The first-order valence-corrected chi connectivity index (χ1v) is 8.84. The third-order valence-electron chi connectivity index (χ3n) is 3.03. The lowest BCUT2D eigenvalue weighted by Gasteiger charge is -2.10. The summed E-state index contributed by atoms with van der Waals surface area (Å²) in [6, 6.07) is 11.3. The molecule has 122 valence electrons. The van der Waals surface area contributed by atoms with Crippen molar-refractivity contribution in [2.24, 2.45) is 0 Å². The van der Waals surface area contributed by atoms with E-state index in [-0.39, 0.29) is 9.92 Å². The average molecular weight is 373 g/mol. The molecule has 0 aliphatic carbocycles. The van der Waals surface area contributed by atoms with Gasteiger partial charge >= 0.3 is 0 Å². The van der Waals surface area contributed by atoms with Crippen LogP contribution in [-0.4, -0.2) is 20.9 Å². The van der Waals surface area contributed by atoms with Crippen molar-refractivity contribution in [3.8, 4) is 0 Å². The molecule has 0 heterocycles. The van der Waals surface area contributed by atoms with E-state index in [9.17, 15) is 13.2 Å². The van der Waals surface area contributed by atoms with Gasteiger partial charge in [-0.2, -0.15) is 0 Å². The molecule has 0 saturated heterocycles. The van der Waals surface area contributed by atoms with Crippen molar-refractivity contribution >= 4 is 44.8 Å². The predicted octanol–water partition coefficient (Wildman–Crippen LogP) is 3.22. The van der Waals surface area contributed by atoms with Gasteiger partial charge in [0, 0.05) is 0 Å². The van der Waals surface area contributed by atoms with Gasteiger partial charge in [0.15, 0.2) is 0 Å². The summed E-state index contributed by atoms with van der Waals surface area (Å²) in [4.78, 5) is 12.0. The highest BCUT2D eigenvalue weighted by molar-refractivity contribution is 7.89. The van der Waals surface area contributed by atoms with Crippen LogP contribution in [0.1, 0.15) is 5.56 Å². The van der Waals surface area contributed by atoms with E-state index in [2.05, 4.69) is 10.0 Å². The van der Waals surface area contributed by atoms with E-state index in [4.69, 9.17) is 23.2 Å². The van der Waals surface area contributed by atoms with Crippen molar-refractivity contribution in [2.45, 2.75) is 11.8 Å². The minimum Gasteiger partial charge on any atom is -0.324 e. The highest BCUT2D eigenvalue weighted by Gasteiger charge is 2.17. The van der Waals surface area contributed by atoms with Crippen molar-refractivity contribution in [3.63, 3.8) is 0 Å². The number of anilines is 1. The number of hydrogen-bond acceptors (Lipinski definition) is 3. The van der Waals surface area contributed by atoms with Gasteiger partial charge in [-0.3, -0.25) is 4.79 Å². The van der Waals surface area contributed by atoms with Gasteiger partial charge in [-0.15, -0.1) is 0 Å². The largest absolute Gasteiger partial charge is 0.324 e. The monoisotopic (exact) mass is 372 g/mol. The highest BCUT2D eigenvalue weighted by atomic mass is 35.5. The van der Waals surface area contributed by atoms with E-state index in [1.54, 1.807) is 43.3 Å². The van der Waals surface area contributed by atoms with Crippen LogP contribution in [0.15, 0.2) is 47.4 Å². The normalized spacial score (nSPS) is 11.3. The number of rotatable bonds is 5. The summed E-state index contributed by atoms with van der Waals surface area (Å²) in [6.07, 6.45) is 0. The molecule has 0 bridgehead atoms. The van der Waals surface area contributed by atoms with E-state index in [1.807, 2.05) is 0 Å². The number of nitrogens with one attached hydrogen (secondary N) is 2. The fraction of sp³-hybridized carbons (Fsp3) is 0.133. The van der Waals surface area contributed by atoms with Crippen molar-refractivity contribution in [1.82, 2.24) is 4.72 Å². The molecule has 0 radical (unpaired) electrons. The summed E-state index contributed by atoms with van der Waals surface area (Å²) in [5.74, 6) is -0.550. The lowest BCUT2D eigenvalue weighted by molar-refractivity contribution is -0.115. The van der Waals surface area contributed by atoms with Crippen LogP contribution < -0.4 is 10.0 Å². The number of carbonyl (C=O) groups is 1. The zero-order valence-corrected chi connectivity index (χ0v) is 14.5. The van der Waals surface area contributed by atoms with Crippen LogP contribution in [0.25, 0.3) is 0 Å². The molecule has 0 aliphatic rings. The summed E-state index contributed by atoms with van der Waals surface area (Å²) in [5.41, 5.74) is 0.914. The molecule has 2 aromatic carbocycles.